The van der Waals surface area contributed by atoms with Gasteiger partial charge in [0.1, 0.15) is 11.6 Å². The van der Waals surface area contributed by atoms with E-state index in [1.54, 1.807) is 0 Å². The topological polar surface area (TPSA) is 62.3 Å². The Morgan fingerprint density at radius 2 is 1.74 bits per heavy atom. The van der Waals surface area contributed by atoms with Gasteiger partial charge in [-0.25, -0.2) is 0 Å². The fraction of sp³-hybridized carbons (Fsp3) is 0.261. The van der Waals surface area contributed by atoms with Crippen molar-refractivity contribution in [1.29, 1.82) is 0 Å². The van der Waals surface area contributed by atoms with E-state index in [2.05, 4.69) is 25.5 Å². The number of thiocarbonyl (C=S) groups is 1. The van der Waals surface area contributed by atoms with Crippen LogP contribution in [-0.4, -0.2) is 28.2 Å². The summed E-state index contributed by atoms with van der Waals surface area (Å²) in [7, 11) is 0. The molecule has 3 aromatic rings. The highest BCUT2D eigenvalue weighted by atomic mass is 35.5. The Balaban J connectivity index is 1.48. The van der Waals surface area contributed by atoms with Gasteiger partial charge in [0.05, 0.1) is 0 Å². The van der Waals surface area contributed by atoms with Crippen molar-refractivity contribution in [3.63, 3.8) is 0 Å². The zero-order chi connectivity index (χ0) is 21.5. The van der Waals surface area contributed by atoms with Gasteiger partial charge >= 0.3 is 0 Å². The van der Waals surface area contributed by atoms with Gasteiger partial charge in [-0.3, -0.25) is 0 Å². The number of nitrogens with zero attached hydrogens (tertiary/aromatic N) is 3. The summed E-state index contributed by atoms with van der Waals surface area (Å²) in [6.45, 7) is 2.52. The van der Waals surface area contributed by atoms with E-state index in [1.165, 1.54) is 6.42 Å². The molecule has 8 heteroatoms. The first kappa shape index (κ1) is 21.3. The van der Waals surface area contributed by atoms with Crippen LogP contribution in [0.15, 0.2) is 60.7 Å². The van der Waals surface area contributed by atoms with Gasteiger partial charge in [0.25, 0.3) is 0 Å². The highest BCUT2D eigenvalue weighted by Gasteiger charge is 2.16. The van der Waals surface area contributed by atoms with E-state index in [0.29, 0.717) is 28.5 Å². The minimum absolute atomic E-state index is 0.405. The number of anilines is 2. The Morgan fingerprint density at radius 3 is 2.48 bits per heavy atom. The van der Waals surface area contributed by atoms with E-state index in [-0.39, 0.29) is 0 Å². The second kappa shape index (κ2) is 10.4. The van der Waals surface area contributed by atoms with E-state index in [1.807, 2.05) is 60.7 Å². The lowest BCUT2D eigenvalue weighted by Crippen LogP contribution is -2.31. The molecule has 0 unspecified atom stereocenters. The highest BCUT2D eigenvalue weighted by molar-refractivity contribution is 7.80. The number of para-hydroxylation sites is 1. The van der Waals surface area contributed by atoms with E-state index in [4.69, 9.17) is 28.6 Å². The molecule has 0 aliphatic carbocycles. The monoisotopic (exact) mass is 453 g/mol. The number of hydrogen-bond donors (Lipinski definition) is 2. The molecule has 0 bridgehead atoms. The number of piperidine rings is 1. The molecule has 6 nitrogen and oxygen atoms in total. The van der Waals surface area contributed by atoms with Crippen LogP contribution < -0.4 is 20.3 Å². The van der Waals surface area contributed by atoms with E-state index in [9.17, 15) is 0 Å². The smallest absolute Gasteiger partial charge is 0.234 e. The lowest BCUT2D eigenvalue weighted by atomic mass is 10.1. The number of halogens is 1. The molecular formula is C23H24ClN5OS. The fourth-order valence-electron chi connectivity index (χ4n) is 3.35. The van der Waals surface area contributed by atoms with Crippen molar-refractivity contribution in [2.75, 3.05) is 23.3 Å². The summed E-state index contributed by atoms with van der Waals surface area (Å²) in [4.78, 5) is 11.5. The maximum atomic E-state index is 5.98. The van der Waals surface area contributed by atoms with Crippen LogP contribution in [0.2, 0.25) is 5.02 Å². The summed E-state index contributed by atoms with van der Waals surface area (Å²) in [5, 5.41) is 7.42. The average molecular weight is 454 g/mol. The minimum atomic E-state index is 0.405. The summed E-state index contributed by atoms with van der Waals surface area (Å²) in [5.74, 6) is 2.44. The standard InChI is InChI=1S/C23H24ClN5OS/c24-18-11-9-17(10-12-18)16-25-23(31)28-22-26-20(29-13-5-2-6-14-29)15-21(27-22)30-19-7-3-1-4-8-19/h1,3-4,7-12,15H,2,5-6,13-14,16H2,(H2,25,26,27,28,31). The first-order valence-electron chi connectivity index (χ1n) is 10.3. The molecule has 31 heavy (non-hydrogen) atoms. The molecule has 0 amide bonds. The first-order chi connectivity index (χ1) is 15.2. The van der Waals surface area contributed by atoms with E-state index < -0.39 is 0 Å². The van der Waals surface area contributed by atoms with Crippen molar-refractivity contribution in [3.8, 4) is 11.6 Å². The maximum absolute atomic E-state index is 5.98. The largest absolute Gasteiger partial charge is 0.439 e. The van der Waals surface area contributed by atoms with Crippen LogP contribution in [0.25, 0.3) is 0 Å². The van der Waals surface area contributed by atoms with Crippen molar-refractivity contribution in [1.82, 2.24) is 15.3 Å². The number of aromatic nitrogens is 2. The van der Waals surface area contributed by atoms with Crippen molar-refractivity contribution in [2.24, 2.45) is 0 Å². The summed E-state index contributed by atoms with van der Waals surface area (Å²) >= 11 is 11.4. The summed E-state index contributed by atoms with van der Waals surface area (Å²) < 4.78 is 5.98. The van der Waals surface area contributed by atoms with Crippen LogP contribution in [0.4, 0.5) is 11.8 Å². The molecule has 2 N–H and O–H groups in total. The Hall–Kier alpha value is -2.90. The first-order valence-corrected chi connectivity index (χ1v) is 11.1. The van der Waals surface area contributed by atoms with Crippen LogP contribution in [0, 0.1) is 0 Å². The van der Waals surface area contributed by atoms with Gasteiger partial charge in [0.2, 0.25) is 11.8 Å². The van der Waals surface area contributed by atoms with E-state index in [0.717, 1.165) is 43.1 Å². The third-order valence-corrected chi connectivity index (χ3v) is 5.42. The quantitative estimate of drug-likeness (QED) is 0.484. The fourth-order valence-corrected chi connectivity index (χ4v) is 3.64. The van der Waals surface area contributed by atoms with Gasteiger partial charge in [-0.1, -0.05) is 41.9 Å². The Kier molecular flexibility index (Phi) is 7.17. The summed E-state index contributed by atoms with van der Waals surface area (Å²) in [5.41, 5.74) is 1.07. The van der Waals surface area contributed by atoms with Crippen molar-refractivity contribution in [2.45, 2.75) is 25.8 Å². The SMILES string of the molecule is S=C(NCc1ccc(Cl)cc1)Nc1nc(Oc2ccccc2)cc(N2CCCCC2)n1. The number of nitrogens with one attached hydrogen (secondary N) is 2. The average Bonchev–Trinajstić information content (AvgIpc) is 2.80. The number of ether oxygens (including phenoxy) is 1. The van der Waals surface area contributed by atoms with Gasteiger partial charge in [-0.05, 0) is 61.3 Å². The molecule has 1 fully saturated rings. The Morgan fingerprint density at radius 1 is 1.00 bits per heavy atom. The lowest BCUT2D eigenvalue weighted by molar-refractivity contribution is 0.461. The zero-order valence-corrected chi connectivity index (χ0v) is 18.6. The number of hydrogen-bond acceptors (Lipinski definition) is 5. The second-order valence-corrected chi connectivity index (χ2v) is 8.13. The molecule has 4 rings (SSSR count). The predicted molar refractivity (Wildman–Crippen MR) is 129 cm³/mol. The molecule has 1 saturated heterocycles. The van der Waals surface area contributed by atoms with Crippen molar-refractivity contribution >= 4 is 40.7 Å². The summed E-state index contributed by atoms with van der Waals surface area (Å²) in [6.07, 6.45) is 3.56. The van der Waals surface area contributed by atoms with Gasteiger partial charge in [-0.15, -0.1) is 0 Å². The van der Waals surface area contributed by atoms with Crippen molar-refractivity contribution < 1.29 is 4.74 Å². The molecule has 160 valence electrons. The Bertz CT molecular complexity index is 1010. The highest BCUT2D eigenvalue weighted by Crippen LogP contribution is 2.26. The lowest BCUT2D eigenvalue weighted by Gasteiger charge is -2.28. The van der Waals surface area contributed by atoms with E-state index >= 15 is 0 Å². The van der Waals surface area contributed by atoms with Crippen LogP contribution in [0.1, 0.15) is 24.8 Å². The van der Waals surface area contributed by atoms with Crippen LogP contribution >= 0.6 is 23.8 Å². The normalized spacial score (nSPS) is 13.5. The molecule has 0 atom stereocenters. The molecular weight excluding hydrogens is 430 g/mol. The second-order valence-electron chi connectivity index (χ2n) is 7.28. The zero-order valence-electron chi connectivity index (χ0n) is 17.1. The predicted octanol–water partition coefficient (Wildman–Crippen LogP) is 5.40. The van der Waals surface area contributed by atoms with Crippen molar-refractivity contribution in [3.05, 3.63) is 71.2 Å². The molecule has 0 saturated carbocycles. The summed E-state index contributed by atoms with van der Waals surface area (Å²) in [6, 6.07) is 19.1. The van der Waals surface area contributed by atoms with Crippen LogP contribution in [0.5, 0.6) is 11.6 Å². The van der Waals surface area contributed by atoms with Gasteiger partial charge in [0.15, 0.2) is 5.11 Å². The van der Waals surface area contributed by atoms with Gasteiger partial charge in [0, 0.05) is 30.7 Å². The molecule has 1 aliphatic rings. The third-order valence-electron chi connectivity index (χ3n) is 4.93. The molecule has 0 radical (unpaired) electrons. The minimum Gasteiger partial charge on any atom is -0.439 e. The van der Waals surface area contributed by atoms with Crippen LogP contribution in [0.3, 0.4) is 0 Å². The maximum Gasteiger partial charge on any atom is 0.234 e. The number of benzene rings is 2. The number of rotatable bonds is 6. The van der Waals surface area contributed by atoms with Gasteiger partial charge in [-0.2, -0.15) is 9.97 Å². The molecule has 1 aromatic heterocycles. The molecule has 0 spiro atoms. The molecule has 2 aromatic carbocycles. The van der Waals surface area contributed by atoms with Gasteiger partial charge < -0.3 is 20.3 Å². The third kappa shape index (κ3) is 6.29. The van der Waals surface area contributed by atoms with Crippen LogP contribution in [-0.2, 0) is 6.54 Å². The molecule has 1 aliphatic heterocycles. The Labute approximate surface area is 192 Å². The molecule has 2 heterocycles.